The fourth-order valence-corrected chi connectivity index (χ4v) is 6.46. The molecular formula is C27H36N4O2. The summed E-state index contributed by atoms with van der Waals surface area (Å²) >= 11 is 0. The van der Waals surface area contributed by atoms with Gasteiger partial charge in [0.25, 0.3) is 0 Å². The van der Waals surface area contributed by atoms with Crippen LogP contribution >= 0.6 is 0 Å². The molecule has 6 nitrogen and oxygen atoms in total. The van der Waals surface area contributed by atoms with Crippen molar-refractivity contribution < 1.29 is 9.90 Å². The Morgan fingerprint density at radius 2 is 2.00 bits per heavy atom. The molecule has 2 amide bonds. The third-order valence-corrected chi connectivity index (χ3v) is 8.02. The number of nitrogens with one attached hydrogen (secondary N) is 4. The lowest BCUT2D eigenvalue weighted by Gasteiger charge is -2.56. The van der Waals surface area contributed by atoms with Crippen LogP contribution in [-0.4, -0.2) is 30.3 Å². The van der Waals surface area contributed by atoms with Gasteiger partial charge in [-0.3, -0.25) is 0 Å². The van der Waals surface area contributed by atoms with Gasteiger partial charge in [0.1, 0.15) is 5.75 Å². The first-order valence-corrected chi connectivity index (χ1v) is 12.6. The summed E-state index contributed by atoms with van der Waals surface area (Å²) in [6.45, 7) is 3.82. The molecule has 2 aromatic carbocycles. The number of anilines is 3. The van der Waals surface area contributed by atoms with Gasteiger partial charge in [-0.15, -0.1) is 0 Å². The maximum absolute atomic E-state index is 12.3. The topological polar surface area (TPSA) is 85.4 Å². The van der Waals surface area contributed by atoms with E-state index in [1.807, 2.05) is 30.3 Å². The van der Waals surface area contributed by atoms with E-state index in [1.165, 1.54) is 36.8 Å². The normalized spacial score (nSPS) is 25.5. The number of carbonyl (C=O) groups is 1. The average molecular weight is 449 g/mol. The van der Waals surface area contributed by atoms with Crippen LogP contribution in [0.25, 0.3) is 0 Å². The molecule has 0 radical (unpaired) electrons. The lowest BCUT2D eigenvalue weighted by atomic mass is 9.53. The summed E-state index contributed by atoms with van der Waals surface area (Å²) < 4.78 is 0. The van der Waals surface area contributed by atoms with Crippen LogP contribution in [0.4, 0.5) is 21.9 Å². The summed E-state index contributed by atoms with van der Waals surface area (Å²) in [7, 11) is 0. The number of hydrogen-bond donors (Lipinski definition) is 5. The van der Waals surface area contributed by atoms with E-state index in [2.05, 4.69) is 34.3 Å². The van der Waals surface area contributed by atoms with Crippen LogP contribution < -0.4 is 21.3 Å². The van der Waals surface area contributed by atoms with Crippen LogP contribution in [0.3, 0.4) is 0 Å². The Bertz CT molecular complexity index is 1020. The second kappa shape index (κ2) is 9.26. The number of carbonyl (C=O) groups excluding carboxylic acids is 1. The summed E-state index contributed by atoms with van der Waals surface area (Å²) in [5.41, 5.74) is 5.07. The number of unbranched alkanes of at least 4 members (excludes halogenated alkanes) is 1. The van der Waals surface area contributed by atoms with E-state index in [1.54, 1.807) is 0 Å². The minimum absolute atomic E-state index is 0.214. The van der Waals surface area contributed by atoms with Crippen molar-refractivity contribution in [2.75, 3.05) is 23.7 Å². The van der Waals surface area contributed by atoms with Crippen LogP contribution in [0.1, 0.15) is 63.0 Å². The fourth-order valence-electron chi connectivity index (χ4n) is 6.46. The van der Waals surface area contributed by atoms with Crippen molar-refractivity contribution in [1.82, 2.24) is 10.6 Å². The van der Waals surface area contributed by atoms with E-state index in [0.29, 0.717) is 29.9 Å². The van der Waals surface area contributed by atoms with E-state index in [0.717, 1.165) is 37.9 Å². The predicted molar refractivity (Wildman–Crippen MR) is 134 cm³/mol. The SMILES string of the molecule is CCCCNC(=O)Nc1ccccc1Nc1cc2c(cc1O)[C@@]13CCCC[C@H]1[C@@H](C2)NCC3. The lowest BCUT2D eigenvalue weighted by molar-refractivity contribution is 0.0796. The highest BCUT2D eigenvalue weighted by Gasteiger charge is 2.51. The van der Waals surface area contributed by atoms with Crippen LogP contribution in [0.15, 0.2) is 36.4 Å². The highest BCUT2D eigenvalue weighted by Crippen LogP contribution is 2.55. The molecule has 1 heterocycles. The molecule has 2 fully saturated rings. The fraction of sp³-hybridized carbons (Fsp3) is 0.519. The zero-order chi connectivity index (χ0) is 22.8. The molecule has 5 rings (SSSR count). The molecule has 176 valence electrons. The summed E-state index contributed by atoms with van der Waals surface area (Å²) in [4.78, 5) is 12.3. The van der Waals surface area contributed by atoms with Crippen molar-refractivity contribution in [3.63, 3.8) is 0 Å². The molecule has 0 aromatic heterocycles. The van der Waals surface area contributed by atoms with Gasteiger partial charge in [-0.2, -0.15) is 0 Å². The summed E-state index contributed by atoms with van der Waals surface area (Å²) in [6.07, 6.45) is 9.28. The van der Waals surface area contributed by atoms with Gasteiger partial charge in [0, 0.05) is 18.0 Å². The number of phenols is 1. The van der Waals surface area contributed by atoms with E-state index < -0.39 is 0 Å². The Balaban J connectivity index is 1.41. The van der Waals surface area contributed by atoms with Crippen molar-refractivity contribution in [1.29, 1.82) is 0 Å². The van der Waals surface area contributed by atoms with E-state index in [4.69, 9.17) is 0 Å². The van der Waals surface area contributed by atoms with Crippen molar-refractivity contribution >= 4 is 23.1 Å². The Labute approximate surface area is 196 Å². The Morgan fingerprint density at radius 3 is 2.85 bits per heavy atom. The van der Waals surface area contributed by atoms with Gasteiger partial charge >= 0.3 is 6.03 Å². The Kier molecular flexibility index (Phi) is 6.19. The number of amides is 2. The zero-order valence-corrected chi connectivity index (χ0v) is 19.5. The monoisotopic (exact) mass is 448 g/mol. The first-order valence-electron chi connectivity index (χ1n) is 12.6. The molecule has 2 bridgehead atoms. The first kappa shape index (κ1) is 22.1. The molecule has 6 heteroatoms. The highest BCUT2D eigenvalue weighted by atomic mass is 16.3. The van der Waals surface area contributed by atoms with Crippen molar-refractivity contribution in [2.24, 2.45) is 5.92 Å². The van der Waals surface area contributed by atoms with Crippen LogP contribution in [0.2, 0.25) is 0 Å². The zero-order valence-electron chi connectivity index (χ0n) is 19.5. The number of para-hydroxylation sites is 2. The van der Waals surface area contributed by atoms with Gasteiger partial charge in [-0.25, -0.2) is 4.79 Å². The number of hydrogen-bond acceptors (Lipinski definition) is 4. The molecule has 1 aliphatic heterocycles. The molecule has 3 atom stereocenters. The Morgan fingerprint density at radius 1 is 1.15 bits per heavy atom. The number of piperidine rings is 1. The largest absolute Gasteiger partial charge is 0.506 e. The molecule has 1 saturated heterocycles. The number of rotatable bonds is 6. The van der Waals surface area contributed by atoms with Crippen molar-refractivity contribution in [2.45, 2.75) is 69.7 Å². The molecule has 2 aliphatic carbocycles. The molecule has 3 aliphatic rings. The third kappa shape index (κ3) is 4.17. The summed E-state index contributed by atoms with van der Waals surface area (Å²) in [6, 6.07) is 12.1. The smallest absolute Gasteiger partial charge is 0.319 e. The number of benzene rings is 2. The molecule has 5 N–H and O–H groups in total. The van der Waals surface area contributed by atoms with Gasteiger partial charge in [0.15, 0.2) is 0 Å². The van der Waals surface area contributed by atoms with Crippen LogP contribution in [-0.2, 0) is 11.8 Å². The molecule has 0 spiro atoms. The van der Waals surface area contributed by atoms with Crippen LogP contribution in [0, 0.1) is 5.92 Å². The van der Waals surface area contributed by atoms with Gasteiger partial charge in [0.2, 0.25) is 0 Å². The van der Waals surface area contributed by atoms with Crippen molar-refractivity contribution in [3.05, 3.63) is 47.5 Å². The number of urea groups is 1. The highest BCUT2D eigenvalue weighted by molar-refractivity contribution is 5.94. The number of phenolic OH excluding ortho intramolecular Hbond substituents is 1. The molecule has 0 unspecified atom stereocenters. The minimum atomic E-state index is -0.214. The molecule has 2 aromatic rings. The lowest BCUT2D eigenvalue weighted by Crippen LogP contribution is -2.59. The Hall–Kier alpha value is -2.73. The van der Waals surface area contributed by atoms with E-state index in [9.17, 15) is 9.90 Å². The van der Waals surface area contributed by atoms with Crippen LogP contribution in [0.5, 0.6) is 5.75 Å². The summed E-state index contributed by atoms with van der Waals surface area (Å²) in [5.74, 6) is 0.966. The van der Waals surface area contributed by atoms with Gasteiger partial charge in [-0.05, 0) is 80.0 Å². The average Bonchev–Trinajstić information content (AvgIpc) is 2.82. The number of fused-ring (bicyclic) bond motifs is 1. The maximum atomic E-state index is 12.3. The minimum Gasteiger partial charge on any atom is -0.506 e. The van der Waals surface area contributed by atoms with Crippen molar-refractivity contribution in [3.8, 4) is 5.75 Å². The second-order valence-corrected chi connectivity index (χ2v) is 9.95. The summed E-state index contributed by atoms with van der Waals surface area (Å²) in [5, 5.41) is 24.0. The molecule has 33 heavy (non-hydrogen) atoms. The van der Waals surface area contributed by atoms with E-state index >= 15 is 0 Å². The van der Waals surface area contributed by atoms with E-state index in [-0.39, 0.29) is 17.2 Å². The second-order valence-electron chi connectivity index (χ2n) is 9.95. The predicted octanol–water partition coefficient (Wildman–Crippen LogP) is 5.40. The quantitative estimate of drug-likeness (QED) is 0.302. The third-order valence-electron chi connectivity index (χ3n) is 8.02. The van der Waals surface area contributed by atoms with Gasteiger partial charge in [0.05, 0.1) is 17.1 Å². The maximum Gasteiger partial charge on any atom is 0.319 e. The van der Waals surface area contributed by atoms with Gasteiger partial charge < -0.3 is 26.4 Å². The first-order chi connectivity index (χ1) is 16.1. The standard InChI is InChI=1S/C27H36N4O2/c1-2-3-13-29-26(33)31-22-10-5-4-9-21(22)30-24-16-18-15-23-19-8-6-7-11-27(19,12-14-28-23)20(18)17-25(24)32/h4-5,9-10,16-17,19,23,28,30,32H,2-3,6-8,11-15H2,1H3,(H2,29,31,33)/t19-,23+,27+/m0/s1. The van der Waals surface area contributed by atoms with Gasteiger partial charge in [-0.1, -0.05) is 38.3 Å². The molecule has 1 saturated carbocycles. The molecular weight excluding hydrogens is 412 g/mol. The number of aromatic hydroxyl groups is 1.